The predicted octanol–water partition coefficient (Wildman–Crippen LogP) is 7.15. The molecule has 0 N–H and O–H groups in total. The highest BCUT2D eigenvalue weighted by molar-refractivity contribution is 5.66. The number of aromatic nitrogens is 1. The Kier molecular flexibility index (Phi) is 8.30. The summed E-state index contributed by atoms with van der Waals surface area (Å²) in [6, 6.07) is 15.3. The lowest BCUT2D eigenvalue weighted by Gasteiger charge is -2.18. The Morgan fingerprint density at radius 2 is 1.74 bits per heavy atom. The van der Waals surface area contributed by atoms with Crippen molar-refractivity contribution < 1.29 is 17.9 Å². The molecule has 0 aliphatic rings. The van der Waals surface area contributed by atoms with Gasteiger partial charge in [0, 0.05) is 18.8 Å². The minimum absolute atomic E-state index is 0.0421. The molecule has 0 aliphatic carbocycles. The highest BCUT2D eigenvalue weighted by Gasteiger charge is 2.36. The molecule has 3 aromatic rings. The van der Waals surface area contributed by atoms with Crippen LogP contribution in [0.25, 0.3) is 16.1 Å². The number of hydrogen-bond acceptors (Lipinski definition) is 2. The summed E-state index contributed by atoms with van der Waals surface area (Å²) in [5.74, 6) is 0. The summed E-state index contributed by atoms with van der Waals surface area (Å²) in [7, 11) is 0. The van der Waals surface area contributed by atoms with Gasteiger partial charge < -0.3 is 9.30 Å². The van der Waals surface area contributed by atoms with E-state index in [9.17, 15) is 18.0 Å². The molecule has 1 aromatic heterocycles. The normalized spacial score (nSPS) is 11.4. The van der Waals surface area contributed by atoms with Crippen molar-refractivity contribution in [2.24, 2.45) is 0 Å². The van der Waals surface area contributed by atoms with E-state index in [-0.39, 0.29) is 12.2 Å². The van der Waals surface area contributed by atoms with Crippen LogP contribution in [-0.4, -0.2) is 11.2 Å². The number of rotatable bonds is 9. The van der Waals surface area contributed by atoms with Gasteiger partial charge in [0.1, 0.15) is 0 Å². The number of hydrogen-bond donors (Lipinski definition) is 0. The first kappa shape index (κ1) is 25.3. The highest BCUT2D eigenvalue weighted by Crippen LogP contribution is 2.37. The summed E-state index contributed by atoms with van der Waals surface area (Å²) in [6.45, 7) is 12.4. The lowest BCUT2D eigenvalue weighted by Crippen LogP contribution is -2.25. The van der Waals surface area contributed by atoms with Crippen LogP contribution < -0.4 is 5.56 Å². The number of alkyl halides is 3. The summed E-state index contributed by atoms with van der Waals surface area (Å²) in [5.41, 5.74) is 0.0827. The van der Waals surface area contributed by atoms with E-state index in [0.717, 1.165) is 42.0 Å². The molecule has 2 aromatic carbocycles. The Hall–Kier alpha value is -3.37. The molecule has 178 valence electrons. The van der Waals surface area contributed by atoms with E-state index in [1.807, 2.05) is 37.3 Å². The van der Waals surface area contributed by atoms with Crippen molar-refractivity contribution >= 4 is 5.69 Å². The maximum absolute atomic E-state index is 13.7. The molecule has 0 saturated carbocycles. The van der Waals surface area contributed by atoms with Crippen LogP contribution >= 0.6 is 0 Å². The van der Waals surface area contributed by atoms with Crippen LogP contribution in [0, 0.1) is 13.5 Å². The maximum Gasteiger partial charge on any atom is 0.407 e. The fourth-order valence-corrected chi connectivity index (χ4v) is 3.73. The Balaban J connectivity index is 1.97. The van der Waals surface area contributed by atoms with Gasteiger partial charge in [-0.1, -0.05) is 67.8 Å². The van der Waals surface area contributed by atoms with E-state index in [1.165, 1.54) is 4.57 Å². The van der Waals surface area contributed by atoms with Gasteiger partial charge in [0.25, 0.3) is 11.2 Å². The quantitative estimate of drug-likeness (QED) is 0.247. The average molecular weight is 469 g/mol. The molecule has 4 nitrogen and oxygen atoms in total. The lowest BCUT2D eigenvalue weighted by atomic mass is 10.0. The van der Waals surface area contributed by atoms with Crippen LogP contribution in [0.5, 0.6) is 0 Å². The monoisotopic (exact) mass is 468 g/mol. The van der Waals surface area contributed by atoms with Crippen LogP contribution in [0.4, 0.5) is 18.9 Å². The number of pyridine rings is 1. The van der Waals surface area contributed by atoms with Gasteiger partial charge in [0.2, 0.25) is 0 Å². The highest BCUT2D eigenvalue weighted by atomic mass is 19.4. The van der Waals surface area contributed by atoms with Crippen LogP contribution in [-0.2, 0) is 24.1 Å². The van der Waals surface area contributed by atoms with Gasteiger partial charge in [-0.05, 0) is 42.2 Å². The van der Waals surface area contributed by atoms with Crippen molar-refractivity contribution in [2.75, 3.05) is 6.61 Å². The first-order valence-corrected chi connectivity index (χ1v) is 11.2. The number of ether oxygens (including phenoxy) is 1. The van der Waals surface area contributed by atoms with Gasteiger partial charge in [-0.3, -0.25) is 4.79 Å². The van der Waals surface area contributed by atoms with E-state index in [0.29, 0.717) is 18.8 Å². The second-order valence-electron chi connectivity index (χ2n) is 8.24. The molecule has 0 aliphatic heterocycles. The minimum Gasteiger partial charge on any atom is -0.377 e. The van der Waals surface area contributed by atoms with Gasteiger partial charge in [0.05, 0.1) is 18.7 Å². The second kappa shape index (κ2) is 11.2. The van der Waals surface area contributed by atoms with E-state index in [4.69, 9.17) is 11.3 Å². The molecular formula is C27H27F3N2O2. The molecule has 3 rings (SSSR count). The summed E-state index contributed by atoms with van der Waals surface area (Å²) in [5, 5.41) is 0. The van der Waals surface area contributed by atoms with Crippen molar-refractivity contribution in [1.82, 2.24) is 4.57 Å². The molecule has 0 unspecified atom stereocenters. The molecule has 0 saturated heterocycles. The first-order chi connectivity index (χ1) is 16.2. The van der Waals surface area contributed by atoms with Crippen molar-refractivity contribution in [3.8, 4) is 11.3 Å². The molecule has 0 atom stereocenters. The number of halogens is 3. The van der Waals surface area contributed by atoms with E-state index in [2.05, 4.69) is 11.8 Å². The third kappa shape index (κ3) is 6.15. The van der Waals surface area contributed by atoms with Crippen molar-refractivity contribution in [1.29, 1.82) is 0 Å². The number of aryl methyl sites for hydroxylation is 1. The van der Waals surface area contributed by atoms with Crippen LogP contribution in [0.3, 0.4) is 0 Å². The zero-order valence-corrected chi connectivity index (χ0v) is 19.3. The fourth-order valence-electron chi connectivity index (χ4n) is 3.73. The molecule has 34 heavy (non-hydrogen) atoms. The third-order valence-corrected chi connectivity index (χ3v) is 5.53. The smallest absolute Gasteiger partial charge is 0.377 e. The fraction of sp³-hybridized carbons (Fsp3) is 0.333. The topological polar surface area (TPSA) is 35.6 Å². The largest absolute Gasteiger partial charge is 0.407 e. The summed E-state index contributed by atoms with van der Waals surface area (Å²) in [4.78, 5) is 16.0. The Labute approximate surface area is 197 Å². The molecule has 0 fully saturated rings. The van der Waals surface area contributed by atoms with Gasteiger partial charge in [-0.25, -0.2) is 4.85 Å². The molecule has 0 bridgehead atoms. The predicted molar refractivity (Wildman–Crippen MR) is 127 cm³/mol. The van der Waals surface area contributed by atoms with Gasteiger partial charge in [-0.15, -0.1) is 0 Å². The molecule has 7 heteroatoms. The van der Waals surface area contributed by atoms with Gasteiger partial charge in [-0.2, -0.15) is 13.2 Å². The van der Waals surface area contributed by atoms with Crippen LogP contribution in [0.1, 0.15) is 48.4 Å². The SMILES string of the molecule is [C-]#[N+]c1c(C(F)(F)F)cc(-c2cccc(C)c2)n(Cc2ccc(COCCCCC)cc2)c1=O. The van der Waals surface area contributed by atoms with Crippen molar-refractivity contribution in [3.63, 3.8) is 0 Å². The summed E-state index contributed by atoms with van der Waals surface area (Å²) in [6.07, 6.45) is -1.55. The second-order valence-corrected chi connectivity index (χ2v) is 8.24. The van der Waals surface area contributed by atoms with Crippen molar-refractivity contribution in [3.05, 3.63) is 98.6 Å². The Morgan fingerprint density at radius 3 is 2.35 bits per heavy atom. The van der Waals surface area contributed by atoms with Gasteiger partial charge >= 0.3 is 6.18 Å². The summed E-state index contributed by atoms with van der Waals surface area (Å²) < 4.78 is 47.9. The molecule has 0 amide bonds. The summed E-state index contributed by atoms with van der Waals surface area (Å²) >= 11 is 0. The molecular weight excluding hydrogens is 441 g/mol. The third-order valence-electron chi connectivity index (χ3n) is 5.53. The van der Waals surface area contributed by atoms with Gasteiger partial charge in [0.15, 0.2) is 0 Å². The van der Waals surface area contributed by atoms with Crippen molar-refractivity contribution in [2.45, 2.75) is 52.4 Å². The molecule has 0 spiro atoms. The Bertz CT molecular complexity index is 1220. The van der Waals surface area contributed by atoms with E-state index in [1.54, 1.807) is 18.2 Å². The first-order valence-electron chi connectivity index (χ1n) is 11.2. The zero-order chi connectivity index (χ0) is 24.7. The van der Waals surface area contributed by atoms with Crippen LogP contribution in [0.15, 0.2) is 59.4 Å². The minimum atomic E-state index is -4.81. The number of nitrogens with zero attached hydrogens (tertiary/aromatic N) is 2. The molecule has 1 heterocycles. The Morgan fingerprint density at radius 1 is 1.03 bits per heavy atom. The van der Waals surface area contributed by atoms with Crippen LogP contribution in [0.2, 0.25) is 0 Å². The lowest BCUT2D eigenvalue weighted by molar-refractivity contribution is -0.136. The van der Waals surface area contributed by atoms with E-state index < -0.39 is 23.0 Å². The van der Waals surface area contributed by atoms with E-state index >= 15 is 0 Å². The average Bonchev–Trinajstić information content (AvgIpc) is 2.80. The molecule has 0 radical (unpaired) electrons. The maximum atomic E-state index is 13.7. The number of unbranched alkanes of at least 4 members (excludes halogenated alkanes) is 2. The number of benzene rings is 2. The zero-order valence-electron chi connectivity index (χ0n) is 19.3. The standard InChI is InChI=1S/C27H27F3N2O2/c1-4-5-6-14-34-18-21-12-10-20(11-13-21)17-32-24(22-9-7-8-19(2)15-22)16-23(27(28,29)30)25(31-3)26(32)33/h7-13,15-16H,4-6,14,17-18H2,1-2H3.